The average Bonchev–Trinajstić information content (AvgIpc) is 3.16. The summed E-state index contributed by atoms with van der Waals surface area (Å²) in [6.45, 7) is 9.51. The van der Waals surface area contributed by atoms with Gasteiger partial charge in [0.15, 0.2) is 5.82 Å². The third-order valence-electron chi connectivity index (χ3n) is 4.31. The van der Waals surface area contributed by atoms with Crippen molar-refractivity contribution in [2.45, 2.75) is 33.2 Å². The Bertz CT molecular complexity index is 664. The number of carbonyl (C=O) groups excluding carboxylic acids is 1. The molecule has 2 N–H and O–H groups in total. The minimum atomic E-state index is 0.0278. The zero-order valence-electron chi connectivity index (χ0n) is 14.5. The smallest absolute Gasteiger partial charge is 0.257 e. The van der Waals surface area contributed by atoms with Gasteiger partial charge in [0, 0.05) is 32.4 Å². The predicted octanol–water partition coefficient (Wildman–Crippen LogP) is 1.38. The molecule has 130 valence electrons. The van der Waals surface area contributed by atoms with E-state index in [4.69, 9.17) is 0 Å². The summed E-state index contributed by atoms with van der Waals surface area (Å²) < 4.78 is 0. The van der Waals surface area contributed by atoms with Crippen LogP contribution in [0.2, 0.25) is 0 Å². The average molecular weight is 331 g/mol. The van der Waals surface area contributed by atoms with E-state index in [1.165, 1.54) is 0 Å². The van der Waals surface area contributed by atoms with Crippen LogP contribution < -0.4 is 0 Å². The standard InChI is InChI=1S/C16H25N7O/c1-11(2)10-23-7-6-22(16(24)13-8-17-18-9-13)5-4-14(23)15-19-12(3)20-21-15/h8-9,11,14H,4-7,10H2,1-3H3,(H,17,18)(H,19,20,21). The molecule has 0 radical (unpaired) electrons. The van der Waals surface area contributed by atoms with Gasteiger partial charge in [-0.3, -0.25) is 19.9 Å². The monoisotopic (exact) mass is 331 g/mol. The Morgan fingerprint density at radius 2 is 2.21 bits per heavy atom. The summed E-state index contributed by atoms with van der Waals surface area (Å²) in [4.78, 5) is 21.4. The zero-order valence-corrected chi connectivity index (χ0v) is 14.5. The number of hydrogen-bond donors (Lipinski definition) is 2. The number of aromatic amines is 2. The maximum Gasteiger partial charge on any atom is 0.257 e. The summed E-state index contributed by atoms with van der Waals surface area (Å²) in [5.41, 5.74) is 0.609. The quantitative estimate of drug-likeness (QED) is 0.883. The highest BCUT2D eigenvalue weighted by Crippen LogP contribution is 2.26. The number of hydrogen-bond acceptors (Lipinski definition) is 5. The summed E-state index contributed by atoms with van der Waals surface area (Å²) in [5, 5.41) is 13.9. The molecular formula is C16H25N7O. The van der Waals surface area contributed by atoms with Crippen LogP contribution in [0.4, 0.5) is 0 Å². The number of amides is 1. The molecule has 1 aliphatic heterocycles. The van der Waals surface area contributed by atoms with Gasteiger partial charge in [0.1, 0.15) is 5.82 Å². The van der Waals surface area contributed by atoms with Gasteiger partial charge in [0.05, 0.1) is 17.8 Å². The van der Waals surface area contributed by atoms with Gasteiger partial charge in [-0.2, -0.15) is 10.2 Å². The number of nitrogens with zero attached hydrogens (tertiary/aromatic N) is 5. The van der Waals surface area contributed by atoms with Crippen LogP contribution >= 0.6 is 0 Å². The van der Waals surface area contributed by atoms with E-state index in [1.807, 2.05) is 11.8 Å². The normalized spacial score (nSPS) is 19.7. The number of nitrogens with one attached hydrogen (secondary N) is 2. The van der Waals surface area contributed by atoms with Crippen LogP contribution in [0.25, 0.3) is 0 Å². The van der Waals surface area contributed by atoms with Crippen molar-refractivity contribution >= 4 is 5.91 Å². The molecule has 0 bridgehead atoms. The van der Waals surface area contributed by atoms with Crippen LogP contribution in [0.3, 0.4) is 0 Å². The Hall–Kier alpha value is -2.22. The fraction of sp³-hybridized carbons (Fsp3) is 0.625. The molecule has 8 heteroatoms. The number of rotatable bonds is 4. The highest BCUT2D eigenvalue weighted by molar-refractivity contribution is 5.93. The van der Waals surface area contributed by atoms with Crippen LogP contribution in [0.1, 0.15) is 48.3 Å². The minimum Gasteiger partial charge on any atom is -0.337 e. The summed E-state index contributed by atoms with van der Waals surface area (Å²) in [6, 6.07) is 0.138. The van der Waals surface area contributed by atoms with Gasteiger partial charge in [0.25, 0.3) is 5.91 Å². The molecule has 0 spiro atoms. The van der Waals surface area contributed by atoms with E-state index < -0.39 is 0 Å². The Balaban J connectivity index is 1.77. The summed E-state index contributed by atoms with van der Waals surface area (Å²) in [7, 11) is 0. The molecule has 2 aromatic heterocycles. The number of carbonyl (C=O) groups is 1. The SMILES string of the molecule is Cc1nc(C2CCN(C(=O)c3cn[nH]c3)CCN2CC(C)C)n[nH]1. The van der Waals surface area contributed by atoms with Gasteiger partial charge in [-0.1, -0.05) is 13.8 Å². The molecule has 0 aromatic carbocycles. The molecule has 0 aliphatic carbocycles. The second-order valence-corrected chi connectivity index (χ2v) is 6.75. The lowest BCUT2D eigenvalue weighted by Gasteiger charge is -2.28. The molecule has 1 saturated heterocycles. The number of aryl methyl sites for hydroxylation is 1. The molecule has 0 saturated carbocycles. The van der Waals surface area contributed by atoms with E-state index in [0.717, 1.165) is 31.2 Å². The maximum absolute atomic E-state index is 12.6. The lowest BCUT2D eigenvalue weighted by atomic mass is 10.1. The van der Waals surface area contributed by atoms with E-state index >= 15 is 0 Å². The topological polar surface area (TPSA) is 93.8 Å². The van der Waals surface area contributed by atoms with Crippen molar-refractivity contribution in [1.82, 2.24) is 35.2 Å². The molecule has 1 aliphatic rings. The van der Waals surface area contributed by atoms with Crippen molar-refractivity contribution in [3.8, 4) is 0 Å². The fourth-order valence-electron chi connectivity index (χ4n) is 3.22. The van der Waals surface area contributed by atoms with E-state index in [9.17, 15) is 4.79 Å². The Labute approximate surface area is 141 Å². The third-order valence-corrected chi connectivity index (χ3v) is 4.31. The first-order valence-electron chi connectivity index (χ1n) is 8.45. The van der Waals surface area contributed by atoms with Crippen molar-refractivity contribution in [2.75, 3.05) is 26.2 Å². The lowest BCUT2D eigenvalue weighted by Crippen LogP contribution is -2.36. The van der Waals surface area contributed by atoms with E-state index in [-0.39, 0.29) is 11.9 Å². The fourth-order valence-corrected chi connectivity index (χ4v) is 3.22. The van der Waals surface area contributed by atoms with Crippen LogP contribution in [0, 0.1) is 12.8 Å². The first kappa shape index (κ1) is 16.6. The van der Waals surface area contributed by atoms with Crippen molar-refractivity contribution < 1.29 is 4.79 Å². The molecule has 3 heterocycles. The first-order chi connectivity index (χ1) is 11.5. The van der Waals surface area contributed by atoms with Gasteiger partial charge >= 0.3 is 0 Å². The molecule has 1 unspecified atom stereocenters. The summed E-state index contributed by atoms with van der Waals surface area (Å²) >= 11 is 0. The third kappa shape index (κ3) is 3.64. The van der Waals surface area contributed by atoms with Crippen molar-refractivity contribution in [3.05, 3.63) is 29.6 Å². The van der Waals surface area contributed by atoms with Crippen LogP contribution in [0.15, 0.2) is 12.4 Å². The largest absolute Gasteiger partial charge is 0.337 e. The van der Waals surface area contributed by atoms with Crippen LogP contribution in [-0.2, 0) is 0 Å². The van der Waals surface area contributed by atoms with Gasteiger partial charge < -0.3 is 4.90 Å². The van der Waals surface area contributed by atoms with Gasteiger partial charge in [-0.15, -0.1) is 0 Å². The van der Waals surface area contributed by atoms with E-state index in [0.29, 0.717) is 24.6 Å². The molecule has 8 nitrogen and oxygen atoms in total. The highest BCUT2D eigenvalue weighted by atomic mass is 16.2. The zero-order chi connectivity index (χ0) is 17.1. The molecule has 1 amide bonds. The molecule has 1 atom stereocenters. The Morgan fingerprint density at radius 1 is 1.38 bits per heavy atom. The van der Waals surface area contributed by atoms with Gasteiger partial charge in [-0.25, -0.2) is 4.98 Å². The van der Waals surface area contributed by atoms with Crippen molar-refractivity contribution in [2.24, 2.45) is 5.92 Å². The van der Waals surface area contributed by atoms with E-state index in [2.05, 4.69) is 44.1 Å². The van der Waals surface area contributed by atoms with Crippen molar-refractivity contribution in [1.29, 1.82) is 0 Å². The number of H-pyrrole nitrogens is 2. The second-order valence-electron chi connectivity index (χ2n) is 6.75. The lowest BCUT2D eigenvalue weighted by molar-refractivity contribution is 0.0761. The molecular weight excluding hydrogens is 306 g/mol. The molecule has 1 fully saturated rings. The van der Waals surface area contributed by atoms with Crippen LogP contribution in [-0.4, -0.2) is 67.3 Å². The molecule has 2 aromatic rings. The molecule has 3 rings (SSSR count). The molecule has 24 heavy (non-hydrogen) atoms. The Morgan fingerprint density at radius 3 is 2.83 bits per heavy atom. The van der Waals surface area contributed by atoms with Gasteiger partial charge in [-0.05, 0) is 19.3 Å². The summed E-state index contributed by atoms with van der Waals surface area (Å²) in [6.07, 6.45) is 4.05. The minimum absolute atomic E-state index is 0.0278. The second kappa shape index (κ2) is 7.12. The first-order valence-corrected chi connectivity index (χ1v) is 8.45. The maximum atomic E-state index is 12.6. The summed E-state index contributed by atoms with van der Waals surface area (Å²) in [5.74, 6) is 2.22. The van der Waals surface area contributed by atoms with Crippen molar-refractivity contribution in [3.63, 3.8) is 0 Å². The van der Waals surface area contributed by atoms with E-state index in [1.54, 1.807) is 12.4 Å². The van der Waals surface area contributed by atoms with Gasteiger partial charge in [0.2, 0.25) is 0 Å². The predicted molar refractivity (Wildman–Crippen MR) is 89.4 cm³/mol. The highest BCUT2D eigenvalue weighted by Gasteiger charge is 2.30. The Kier molecular flexibility index (Phi) is 4.94. The number of aromatic nitrogens is 5. The van der Waals surface area contributed by atoms with Crippen LogP contribution in [0.5, 0.6) is 0 Å².